The molecule has 0 bridgehead atoms. The van der Waals surface area contributed by atoms with Gasteiger partial charge in [-0.05, 0) is 55.0 Å². The molecule has 32 heavy (non-hydrogen) atoms. The maximum atomic E-state index is 14.5. The zero-order valence-electron chi connectivity index (χ0n) is 17.3. The highest BCUT2D eigenvalue weighted by molar-refractivity contribution is 5.91. The summed E-state index contributed by atoms with van der Waals surface area (Å²) in [5, 5.41) is 24.7. The van der Waals surface area contributed by atoms with Crippen LogP contribution in [-0.2, 0) is 0 Å². The molecule has 0 saturated carbocycles. The molecule has 0 spiro atoms. The molecular weight excluding hydrogens is 428 g/mol. The highest BCUT2D eigenvalue weighted by Crippen LogP contribution is 2.55. The Morgan fingerprint density at radius 3 is 2.62 bits per heavy atom. The number of rotatable bonds is 3. The molecule has 1 aromatic heterocycles. The van der Waals surface area contributed by atoms with Crippen LogP contribution in [0.15, 0.2) is 41.2 Å². The molecule has 3 atom stereocenters. The molecule has 0 radical (unpaired) electrons. The van der Waals surface area contributed by atoms with Crippen LogP contribution in [0.1, 0.15) is 48.4 Å². The van der Waals surface area contributed by atoms with E-state index in [2.05, 4.69) is 10.3 Å². The van der Waals surface area contributed by atoms with Gasteiger partial charge in [0, 0.05) is 22.7 Å². The quantitative estimate of drug-likeness (QED) is 0.422. The van der Waals surface area contributed by atoms with Gasteiger partial charge in [-0.1, -0.05) is 19.1 Å². The number of benzene rings is 2. The van der Waals surface area contributed by atoms with Gasteiger partial charge in [-0.25, -0.2) is 4.39 Å². The number of aromatic hydroxyl groups is 1. The van der Waals surface area contributed by atoms with E-state index in [1.807, 2.05) is 0 Å². The van der Waals surface area contributed by atoms with Crippen LogP contribution in [0.3, 0.4) is 0 Å². The molecule has 2 aromatic carbocycles. The van der Waals surface area contributed by atoms with E-state index in [1.165, 1.54) is 31.2 Å². The first-order chi connectivity index (χ1) is 15.0. The van der Waals surface area contributed by atoms with Crippen molar-refractivity contribution in [2.75, 3.05) is 5.32 Å². The summed E-state index contributed by atoms with van der Waals surface area (Å²) in [5.74, 6) is -2.47. The number of aromatic nitrogens is 1. The Morgan fingerprint density at radius 2 is 1.97 bits per heavy atom. The maximum Gasteiger partial charge on any atom is 0.419 e. The number of phenolic OH excluding ortho intramolecular Hbond substituents is 1. The van der Waals surface area contributed by atoms with Crippen molar-refractivity contribution in [3.63, 3.8) is 0 Å². The Balaban J connectivity index is 1.97. The van der Waals surface area contributed by atoms with Crippen molar-refractivity contribution in [3.05, 3.63) is 69.3 Å². The lowest BCUT2D eigenvalue weighted by atomic mass is 9.68. The van der Waals surface area contributed by atoms with Crippen molar-refractivity contribution in [2.24, 2.45) is 0 Å². The number of fused-ring (bicyclic) bond motifs is 2. The minimum atomic E-state index is -5.01. The number of alkyl halides is 3. The van der Waals surface area contributed by atoms with E-state index < -0.39 is 41.7 Å². The second-order valence-corrected chi connectivity index (χ2v) is 8.26. The number of aromatic amines is 1. The number of aryl methyl sites for hydroxylation is 1. The predicted molar refractivity (Wildman–Crippen MR) is 112 cm³/mol. The number of hydrogen-bond donors (Lipinski definition) is 4. The van der Waals surface area contributed by atoms with Crippen LogP contribution >= 0.6 is 0 Å². The molecule has 1 heterocycles. The van der Waals surface area contributed by atoms with Gasteiger partial charge in [0.1, 0.15) is 0 Å². The summed E-state index contributed by atoms with van der Waals surface area (Å²) in [6.45, 7) is 2.97. The van der Waals surface area contributed by atoms with Crippen LogP contribution < -0.4 is 10.9 Å². The number of phenols is 1. The van der Waals surface area contributed by atoms with Crippen molar-refractivity contribution in [1.82, 2.24) is 4.98 Å². The summed E-state index contributed by atoms with van der Waals surface area (Å²) in [5.41, 5.74) is -2.88. The Morgan fingerprint density at radius 1 is 1.25 bits per heavy atom. The topological polar surface area (TPSA) is 85.4 Å². The van der Waals surface area contributed by atoms with E-state index >= 15 is 0 Å². The van der Waals surface area contributed by atoms with Crippen LogP contribution in [-0.4, -0.2) is 27.0 Å². The fourth-order valence-corrected chi connectivity index (χ4v) is 4.63. The van der Waals surface area contributed by atoms with Gasteiger partial charge in [-0.15, -0.1) is 0 Å². The zero-order valence-corrected chi connectivity index (χ0v) is 17.3. The lowest BCUT2D eigenvalue weighted by Crippen LogP contribution is -2.55. The van der Waals surface area contributed by atoms with E-state index in [-0.39, 0.29) is 34.4 Å². The van der Waals surface area contributed by atoms with E-state index in [0.29, 0.717) is 10.9 Å². The van der Waals surface area contributed by atoms with E-state index in [9.17, 15) is 32.6 Å². The predicted octanol–water partition coefficient (Wildman–Crippen LogP) is 5.03. The molecule has 1 aliphatic rings. The molecule has 1 aliphatic carbocycles. The largest absolute Gasteiger partial charge is 0.505 e. The molecule has 170 valence electrons. The smallest absolute Gasteiger partial charge is 0.419 e. The van der Waals surface area contributed by atoms with Gasteiger partial charge in [-0.3, -0.25) is 4.79 Å². The van der Waals surface area contributed by atoms with Gasteiger partial charge in [0.05, 0.1) is 11.6 Å². The molecular formula is C23H22F4N2O3. The van der Waals surface area contributed by atoms with E-state index in [1.54, 1.807) is 19.1 Å². The zero-order chi connectivity index (χ0) is 23.4. The Bertz CT molecular complexity index is 1250. The van der Waals surface area contributed by atoms with E-state index in [0.717, 1.165) is 0 Å². The average molecular weight is 450 g/mol. The standard InChI is InChI=1S/C23H22F4N2O3/c1-3-12-10-22(32,23(25,26)27)21(14-9-11(2)19(24)20(31)18(12)14)29-16-6-4-5-15-13(16)7-8-17(30)28-15/h4-9,12,21,29,31-32H,3,10H2,1-2H3,(H,28,30)/t12-,21?,22+/m0/s1. The fourth-order valence-electron chi connectivity index (χ4n) is 4.63. The minimum absolute atomic E-state index is 0.0132. The van der Waals surface area contributed by atoms with Crippen LogP contribution in [0.4, 0.5) is 23.2 Å². The number of anilines is 1. The van der Waals surface area contributed by atoms with Crippen molar-refractivity contribution in [1.29, 1.82) is 0 Å². The Kier molecular flexibility index (Phi) is 5.20. The number of hydrogen-bond acceptors (Lipinski definition) is 4. The minimum Gasteiger partial charge on any atom is -0.505 e. The molecule has 0 amide bonds. The number of H-pyrrole nitrogens is 1. The second kappa shape index (κ2) is 7.51. The van der Waals surface area contributed by atoms with Crippen molar-refractivity contribution in [3.8, 4) is 5.75 Å². The van der Waals surface area contributed by atoms with Crippen LogP contribution in [0, 0.1) is 12.7 Å². The highest BCUT2D eigenvalue weighted by Gasteiger charge is 2.62. The maximum absolute atomic E-state index is 14.5. The van der Waals surface area contributed by atoms with Gasteiger partial charge in [0.2, 0.25) is 5.56 Å². The van der Waals surface area contributed by atoms with Crippen LogP contribution in [0.2, 0.25) is 0 Å². The van der Waals surface area contributed by atoms with Gasteiger partial charge in [-0.2, -0.15) is 13.2 Å². The first kappa shape index (κ1) is 22.1. The fraction of sp³-hybridized carbons (Fsp3) is 0.348. The van der Waals surface area contributed by atoms with Gasteiger partial charge in [0.25, 0.3) is 0 Å². The molecule has 3 aromatic rings. The number of nitrogens with one attached hydrogen (secondary N) is 2. The third kappa shape index (κ3) is 3.31. The van der Waals surface area contributed by atoms with Crippen molar-refractivity contribution >= 4 is 16.6 Å². The molecule has 9 heteroatoms. The lowest BCUT2D eigenvalue weighted by molar-refractivity contribution is -0.272. The normalized spacial score (nSPS) is 23.2. The monoisotopic (exact) mass is 450 g/mol. The summed E-state index contributed by atoms with van der Waals surface area (Å²) in [6, 6.07) is 6.92. The number of pyridine rings is 1. The van der Waals surface area contributed by atoms with E-state index in [4.69, 9.17) is 0 Å². The third-order valence-corrected chi connectivity index (χ3v) is 6.30. The summed E-state index contributed by atoms with van der Waals surface area (Å²) < 4.78 is 57.2. The van der Waals surface area contributed by atoms with Crippen molar-refractivity contribution < 1.29 is 27.8 Å². The number of halogens is 4. The SMILES string of the molecule is CC[C@H]1C[C@](O)(C(F)(F)F)C(Nc2cccc3[nH]c(=O)ccc23)c2cc(C)c(F)c(O)c21. The molecule has 0 saturated heterocycles. The molecule has 4 N–H and O–H groups in total. The first-order valence-electron chi connectivity index (χ1n) is 10.2. The van der Waals surface area contributed by atoms with Gasteiger partial charge >= 0.3 is 6.18 Å². The molecule has 0 aliphatic heterocycles. The Hall–Kier alpha value is -3.07. The summed E-state index contributed by atoms with van der Waals surface area (Å²) >= 11 is 0. The Labute approximate surface area is 180 Å². The van der Waals surface area contributed by atoms with Crippen LogP contribution in [0.25, 0.3) is 10.9 Å². The third-order valence-electron chi connectivity index (χ3n) is 6.30. The second-order valence-electron chi connectivity index (χ2n) is 8.26. The number of aliphatic hydroxyl groups is 1. The molecule has 5 nitrogen and oxygen atoms in total. The average Bonchev–Trinajstić information content (AvgIpc) is 2.72. The molecule has 1 unspecified atom stereocenters. The molecule has 4 rings (SSSR count). The van der Waals surface area contributed by atoms with Crippen molar-refractivity contribution in [2.45, 2.75) is 50.4 Å². The lowest BCUT2D eigenvalue weighted by Gasteiger charge is -2.46. The summed E-state index contributed by atoms with van der Waals surface area (Å²) in [6.07, 6.45) is -5.58. The summed E-state index contributed by atoms with van der Waals surface area (Å²) in [4.78, 5) is 14.2. The van der Waals surface area contributed by atoms with Gasteiger partial charge < -0.3 is 20.5 Å². The first-order valence-corrected chi connectivity index (χ1v) is 10.2. The highest BCUT2D eigenvalue weighted by atomic mass is 19.4. The summed E-state index contributed by atoms with van der Waals surface area (Å²) in [7, 11) is 0. The van der Waals surface area contributed by atoms with Crippen LogP contribution in [0.5, 0.6) is 5.75 Å². The van der Waals surface area contributed by atoms with Gasteiger partial charge in [0.15, 0.2) is 17.2 Å². The molecule has 0 fully saturated rings.